The molecule has 3 aromatic carbocycles. The van der Waals surface area contributed by atoms with Crippen LogP contribution in [0.25, 0.3) is 0 Å². The predicted molar refractivity (Wildman–Crippen MR) is 135 cm³/mol. The van der Waals surface area contributed by atoms with Crippen LogP contribution in [0.15, 0.2) is 83.8 Å². The molecule has 0 spiro atoms. The molecule has 0 unspecified atom stereocenters. The lowest BCUT2D eigenvalue weighted by molar-refractivity contribution is 0.0927. The first kappa shape index (κ1) is 24.2. The van der Waals surface area contributed by atoms with Gasteiger partial charge in [0, 0.05) is 24.7 Å². The highest BCUT2D eigenvalue weighted by Gasteiger charge is 2.27. The van der Waals surface area contributed by atoms with E-state index in [9.17, 15) is 13.2 Å². The molecule has 6 heteroatoms. The summed E-state index contributed by atoms with van der Waals surface area (Å²) in [5.41, 5.74) is 3.00. The SMILES string of the molecule is Cc1ccc(S(=O)(=O)N(Cc2ccccc2)Cc2ccccc2)cc1C(=O)NC1CCCCC1. The van der Waals surface area contributed by atoms with Gasteiger partial charge >= 0.3 is 0 Å². The van der Waals surface area contributed by atoms with Crippen molar-refractivity contribution in [3.05, 3.63) is 101 Å². The molecule has 3 aromatic rings. The molecule has 34 heavy (non-hydrogen) atoms. The van der Waals surface area contributed by atoms with E-state index in [1.54, 1.807) is 12.1 Å². The van der Waals surface area contributed by atoms with Crippen molar-refractivity contribution in [1.29, 1.82) is 0 Å². The minimum Gasteiger partial charge on any atom is -0.349 e. The number of aryl methyl sites for hydroxylation is 1. The van der Waals surface area contributed by atoms with Crippen molar-refractivity contribution >= 4 is 15.9 Å². The molecule has 0 aromatic heterocycles. The number of hydrogen-bond acceptors (Lipinski definition) is 3. The summed E-state index contributed by atoms with van der Waals surface area (Å²) in [5.74, 6) is -0.195. The maximum absolute atomic E-state index is 13.8. The van der Waals surface area contributed by atoms with E-state index in [0.29, 0.717) is 5.56 Å². The Balaban J connectivity index is 1.63. The summed E-state index contributed by atoms with van der Waals surface area (Å²) in [7, 11) is -3.85. The van der Waals surface area contributed by atoms with Crippen molar-refractivity contribution in [2.75, 3.05) is 0 Å². The van der Waals surface area contributed by atoms with Gasteiger partial charge in [-0.05, 0) is 48.6 Å². The lowest BCUT2D eigenvalue weighted by Crippen LogP contribution is -2.36. The average Bonchev–Trinajstić information content (AvgIpc) is 2.85. The fraction of sp³-hybridized carbons (Fsp3) is 0.321. The van der Waals surface area contributed by atoms with E-state index in [4.69, 9.17) is 0 Å². The molecule has 0 saturated heterocycles. The fourth-order valence-corrected chi connectivity index (χ4v) is 5.91. The van der Waals surface area contributed by atoms with Crippen molar-refractivity contribution in [3.63, 3.8) is 0 Å². The third-order valence-electron chi connectivity index (χ3n) is 6.44. The molecule has 0 heterocycles. The largest absolute Gasteiger partial charge is 0.349 e. The molecule has 5 nitrogen and oxygen atoms in total. The zero-order valence-corrected chi connectivity index (χ0v) is 20.4. The molecule has 0 bridgehead atoms. The topological polar surface area (TPSA) is 66.5 Å². The third-order valence-corrected chi connectivity index (χ3v) is 8.22. The van der Waals surface area contributed by atoms with Crippen molar-refractivity contribution in [2.45, 2.75) is 63.1 Å². The lowest BCUT2D eigenvalue weighted by Gasteiger charge is -2.24. The molecule has 4 rings (SSSR count). The van der Waals surface area contributed by atoms with Crippen LogP contribution in [0, 0.1) is 6.92 Å². The molecule has 0 radical (unpaired) electrons. The first-order valence-electron chi connectivity index (χ1n) is 11.9. The minimum absolute atomic E-state index is 0.138. The van der Waals surface area contributed by atoms with E-state index in [1.165, 1.54) is 16.8 Å². The highest BCUT2D eigenvalue weighted by molar-refractivity contribution is 7.89. The van der Waals surface area contributed by atoms with Gasteiger partial charge in [-0.2, -0.15) is 4.31 Å². The lowest BCUT2D eigenvalue weighted by atomic mass is 9.95. The van der Waals surface area contributed by atoms with Gasteiger partial charge in [-0.1, -0.05) is 86.0 Å². The van der Waals surface area contributed by atoms with Gasteiger partial charge in [-0.25, -0.2) is 8.42 Å². The van der Waals surface area contributed by atoms with E-state index < -0.39 is 10.0 Å². The Morgan fingerprint density at radius 1 is 0.853 bits per heavy atom. The number of amides is 1. The number of nitrogens with zero attached hydrogens (tertiary/aromatic N) is 1. The number of carbonyl (C=O) groups excluding carboxylic acids is 1. The number of carbonyl (C=O) groups is 1. The Labute approximate surface area is 202 Å². The second-order valence-electron chi connectivity index (χ2n) is 9.03. The van der Waals surface area contributed by atoms with Crippen molar-refractivity contribution < 1.29 is 13.2 Å². The van der Waals surface area contributed by atoms with E-state index in [2.05, 4.69) is 5.32 Å². The van der Waals surface area contributed by atoms with E-state index >= 15 is 0 Å². The van der Waals surface area contributed by atoms with Crippen LogP contribution in [0.2, 0.25) is 0 Å². The van der Waals surface area contributed by atoms with Crippen LogP contribution in [-0.4, -0.2) is 24.7 Å². The maximum Gasteiger partial charge on any atom is 0.251 e. The molecular weight excluding hydrogens is 444 g/mol. The molecule has 0 atom stereocenters. The minimum atomic E-state index is -3.85. The second-order valence-corrected chi connectivity index (χ2v) is 11.0. The number of benzene rings is 3. The highest BCUT2D eigenvalue weighted by Crippen LogP contribution is 2.24. The normalized spacial score (nSPS) is 14.8. The second kappa shape index (κ2) is 11.0. The molecule has 1 N–H and O–H groups in total. The van der Waals surface area contributed by atoms with Crippen LogP contribution >= 0.6 is 0 Å². The summed E-state index contributed by atoms with van der Waals surface area (Å²) in [6.07, 6.45) is 5.39. The molecule has 0 aliphatic heterocycles. The third kappa shape index (κ3) is 5.93. The number of rotatable bonds is 8. The Kier molecular flexibility index (Phi) is 7.80. The molecular formula is C28H32N2O3S. The average molecular weight is 477 g/mol. The van der Waals surface area contributed by atoms with Crippen LogP contribution in [0.3, 0.4) is 0 Å². The van der Waals surface area contributed by atoms with Gasteiger partial charge in [0.15, 0.2) is 0 Å². The van der Waals surface area contributed by atoms with Gasteiger partial charge in [0.2, 0.25) is 10.0 Å². The Hall–Kier alpha value is -2.96. The Bertz CT molecular complexity index is 1160. The summed E-state index contributed by atoms with van der Waals surface area (Å²) in [5, 5.41) is 3.12. The van der Waals surface area contributed by atoms with Gasteiger partial charge in [0.25, 0.3) is 5.91 Å². The van der Waals surface area contributed by atoms with Gasteiger partial charge in [-0.15, -0.1) is 0 Å². The van der Waals surface area contributed by atoms with Crippen LogP contribution in [0.4, 0.5) is 0 Å². The zero-order valence-electron chi connectivity index (χ0n) is 19.6. The molecule has 1 aliphatic rings. The maximum atomic E-state index is 13.8. The van der Waals surface area contributed by atoms with Gasteiger partial charge in [0.05, 0.1) is 4.90 Å². The standard InChI is InChI=1S/C28H32N2O3S/c1-22-17-18-26(19-27(22)28(31)29-25-15-9-4-10-16-25)34(32,33)30(20-23-11-5-2-6-12-23)21-24-13-7-3-8-14-24/h2-3,5-8,11-14,17-19,25H,4,9-10,15-16,20-21H2,1H3,(H,29,31). The van der Waals surface area contributed by atoms with Crippen molar-refractivity contribution in [3.8, 4) is 0 Å². The van der Waals surface area contributed by atoms with Crippen LogP contribution in [0.1, 0.15) is 59.2 Å². The monoisotopic (exact) mass is 476 g/mol. The Morgan fingerprint density at radius 3 is 1.97 bits per heavy atom. The Morgan fingerprint density at radius 2 is 1.41 bits per heavy atom. The smallest absolute Gasteiger partial charge is 0.251 e. The summed E-state index contributed by atoms with van der Waals surface area (Å²) >= 11 is 0. The van der Waals surface area contributed by atoms with Crippen LogP contribution < -0.4 is 5.32 Å². The molecule has 1 saturated carbocycles. The van der Waals surface area contributed by atoms with Gasteiger partial charge in [0.1, 0.15) is 0 Å². The van der Waals surface area contributed by atoms with E-state index in [0.717, 1.165) is 42.4 Å². The summed E-state index contributed by atoms with van der Waals surface area (Å²) in [4.78, 5) is 13.2. The fourth-order valence-electron chi connectivity index (χ4n) is 4.47. The molecule has 1 amide bonds. The first-order valence-corrected chi connectivity index (χ1v) is 13.4. The van der Waals surface area contributed by atoms with Crippen molar-refractivity contribution in [1.82, 2.24) is 9.62 Å². The molecule has 1 aliphatic carbocycles. The van der Waals surface area contributed by atoms with E-state index in [1.807, 2.05) is 67.6 Å². The van der Waals surface area contributed by atoms with Gasteiger partial charge < -0.3 is 5.32 Å². The number of hydrogen-bond donors (Lipinski definition) is 1. The summed E-state index contributed by atoms with van der Waals surface area (Å²) in [6.45, 7) is 2.34. The van der Waals surface area contributed by atoms with E-state index in [-0.39, 0.29) is 29.9 Å². The number of sulfonamides is 1. The zero-order chi connectivity index (χ0) is 24.0. The van der Waals surface area contributed by atoms with Crippen LogP contribution in [0.5, 0.6) is 0 Å². The molecule has 178 valence electrons. The van der Waals surface area contributed by atoms with Crippen LogP contribution in [-0.2, 0) is 23.1 Å². The highest BCUT2D eigenvalue weighted by atomic mass is 32.2. The molecule has 1 fully saturated rings. The van der Waals surface area contributed by atoms with Crippen molar-refractivity contribution in [2.24, 2.45) is 0 Å². The number of nitrogens with one attached hydrogen (secondary N) is 1. The quantitative estimate of drug-likeness (QED) is 0.470. The predicted octanol–water partition coefficient (Wildman–Crippen LogP) is 5.45. The summed E-state index contributed by atoms with van der Waals surface area (Å²) in [6, 6.07) is 24.2. The van der Waals surface area contributed by atoms with Gasteiger partial charge in [-0.3, -0.25) is 4.79 Å². The first-order chi connectivity index (χ1) is 16.4. The summed E-state index contributed by atoms with van der Waals surface area (Å²) < 4.78 is 29.1.